The van der Waals surface area contributed by atoms with Crippen LogP contribution in [-0.4, -0.2) is 12.2 Å². The van der Waals surface area contributed by atoms with Gasteiger partial charge in [0.05, 0.1) is 13.2 Å². The van der Waals surface area contributed by atoms with Crippen LogP contribution in [-0.2, 0) is 0 Å². The highest BCUT2D eigenvalue weighted by Crippen LogP contribution is 2.29. The number of hydrogen-bond acceptors (Lipinski definition) is 3. The maximum Gasteiger partial charge on any atom is 0.129 e. The summed E-state index contributed by atoms with van der Waals surface area (Å²) in [6.45, 7) is 5.78. The summed E-state index contributed by atoms with van der Waals surface area (Å²) in [6, 6.07) is 1.88. The number of aliphatic hydroxyl groups is 1. The number of ether oxygens (including phenoxy) is 1. The molecular weight excluding hydrogens is 196 g/mol. The van der Waals surface area contributed by atoms with Gasteiger partial charge < -0.3 is 9.84 Å². The van der Waals surface area contributed by atoms with Crippen molar-refractivity contribution in [1.29, 1.82) is 0 Å². The van der Waals surface area contributed by atoms with Gasteiger partial charge in [-0.15, -0.1) is 17.9 Å². The van der Waals surface area contributed by atoms with Crippen molar-refractivity contribution in [1.82, 2.24) is 0 Å². The molecular formula is C11H16O2S. The molecule has 78 valence electrons. The molecule has 14 heavy (non-hydrogen) atoms. The van der Waals surface area contributed by atoms with Crippen molar-refractivity contribution >= 4 is 11.3 Å². The lowest BCUT2D eigenvalue weighted by Crippen LogP contribution is -1.94. The third kappa shape index (κ3) is 3.16. The van der Waals surface area contributed by atoms with Gasteiger partial charge in [-0.25, -0.2) is 0 Å². The van der Waals surface area contributed by atoms with E-state index >= 15 is 0 Å². The summed E-state index contributed by atoms with van der Waals surface area (Å²) in [5.41, 5.74) is 1.10. The van der Waals surface area contributed by atoms with E-state index in [-0.39, 0.29) is 6.10 Å². The highest BCUT2D eigenvalue weighted by Gasteiger charge is 2.10. The SMILES string of the molecule is C=C(C)CCC(O)c1cc(OC)cs1. The standard InChI is InChI=1S/C11H16O2S/c1-8(2)4-5-10(12)11-6-9(13-3)7-14-11/h6-7,10,12H,1,4-5H2,2-3H3. The average molecular weight is 212 g/mol. The number of hydrogen-bond donors (Lipinski definition) is 1. The second kappa shape index (κ2) is 5.17. The van der Waals surface area contributed by atoms with Crippen LogP contribution in [0.25, 0.3) is 0 Å². The van der Waals surface area contributed by atoms with E-state index in [0.717, 1.165) is 29.0 Å². The number of allylic oxidation sites excluding steroid dienone is 1. The van der Waals surface area contributed by atoms with E-state index in [2.05, 4.69) is 6.58 Å². The maximum absolute atomic E-state index is 9.79. The Morgan fingerprint density at radius 3 is 2.93 bits per heavy atom. The summed E-state index contributed by atoms with van der Waals surface area (Å²) in [7, 11) is 1.63. The highest BCUT2D eigenvalue weighted by molar-refractivity contribution is 7.10. The van der Waals surface area contributed by atoms with Crippen molar-refractivity contribution in [3.63, 3.8) is 0 Å². The molecule has 0 aliphatic heterocycles. The Bertz CT molecular complexity index is 304. The lowest BCUT2D eigenvalue weighted by molar-refractivity contribution is 0.171. The smallest absolute Gasteiger partial charge is 0.129 e. The third-order valence-corrected chi connectivity index (χ3v) is 3.02. The zero-order chi connectivity index (χ0) is 10.6. The van der Waals surface area contributed by atoms with Crippen molar-refractivity contribution in [3.8, 4) is 5.75 Å². The molecule has 0 radical (unpaired) electrons. The Labute approximate surface area is 88.8 Å². The average Bonchev–Trinajstić information content (AvgIpc) is 2.62. The van der Waals surface area contributed by atoms with Crippen LogP contribution in [0.1, 0.15) is 30.7 Å². The van der Waals surface area contributed by atoms with Gasteiger partial charge in [0.2, 0.25) is 0 Å². The summed E-state index contributed by atoms with van der Waals surface area (Å²) >= 11 is 1.53. The quantitative estimate of drug-likeness (QED) is 0.760. The van der Waals surface area contributed by atoms with Gasteiger partial charge in [0.15, 0.2) is 0 Å². The Morgan fingerprint density at radius 1 is 1.71 bits per heavy atom. The van der Waals surface area contributed by atoms with Crippen LogP contribution in [0.5, 0.6) is 5.75 Å². The van der Waals surface area contributed by atoms with Crippen molar-refractivity contribution < 1.29 is 9.84 Å². The molecule has 1 unspecified atom stereocenters. The lowest BCUT2D eigenvalue weighted by Gasteiger charge is -2.07. The Morgan fingerprint density at radius 2 is 2.43 bits per heavy atom. The number of aliphatic hydroxyl groups excluding tert-OH is 1. The first-order chi connectivity index (χ1) is 6.63. The normalized spacial score (nSPS) is 12.5. The first kappa shape index (κ1) is 11.3. The fourth-order valence-corrected chi connectivity index (χ4v) is 2.02. The van der Waals surface area contributed by atoms with E-state index in [4.69, 9.17) is 4.74 Å². The maximum atomic E-state index is 9.79. The molecule has 1 aromatic rings. The predicted molar refractivity (Wildman–Crippen MR) is 59.9 cm³/mol. The van der Waals surface area contributed by atoms with E-state index in [9.17, 15) is 5.11 Å². The second-order valence-electron chi connectivity index (χ2n) is 3.40. The van der Waals surface area contributed by atoms with Gasteiger partial charge >= 0.3 is 0 Å². The fraction of sp³-hybridized carbons (Fsp3) is 0.455. The summed E-state index contributed by atoms with van der Waals surface area (Å²) in [5, 5.41) is 11.7. The Balaban J connectivity index is 2.51. The Kier molecular flexibility index (Phi) is 4.17. The summed E-state index contributed by atoms with van der Waals surface area (Å²) in [6.07, 6.45) is 1.21. The molecule has 0 fully saturated rings. The van der Waals surface area contributed by atoms with Crippen molar-refractivity contribution in [2.45, 2.75) is 25.9 Å². The first-order valence-corrected chi connectivity index (χ1v) is 5.46. The van der Waals surface area contributed by atoms with Crippen LogP contribution in [0.3, 0.4) is 0 Å². The van der Waals surface area contributed by atoms with Gasteiger partial charge in [-0.1, -0.05) is 5.57 Å². The highest BCUT2D eigenvalue weighted by atomic mass is 32.1. The molecule has 0 aliphatic rings. The van der Waals surface area contributed by atoms with E-state index in [1.165, 1.54) is 11.3 Å². The number of rotatable bonds is 5. The van der Waals surface area contributed by atoms with Crippen molar-refractivity contribution in [2.75, 3.05) is 7.11 Å². The van der Waals surface area contributed by atoms with Crippen LogP contribution >= 0.6 is 11.3 Å². The van der Waals surface area contributed by atoms with Crippen LogP contribution in [0.4, 0.5) is 0 Å². The van der Waals surface area contributed by atoms with E-state index in [1.807, 2.05) is 18.4 Å². The second-order valence-corrected chi connectivity index (χ2v) is 4.34. The molecule has 3 heteroatoms. The topological polar surface area (TPSA) is 29.5 Å². The predicted octanol–water partition coefficient (Wildman–Crippen LogP) is 3.15. The number of thiophene rings is 1. The number of methoxy groups -OCH3 is 1. The molecule has 1 N–H and O–H groups in total. The zero-order valence-electron chi connectivity index (χ0n) is 8.62. The summed E-state index contributed by atoms with van der Waals surface area (Å²) in [4.78, 5) is 0.961. The molecule has 1 heterocycles. The van der Waals surface area contributed by atoms with Crippen LogP contribution in [0, 0.1) is 0 Å². The van der Waals surface area contributed by atoms with Crippen LogP contribution in [0.15, 0.2) is 23.6 Å². The van der Waals surface area contributed by atoms with Gasteiger partial charge in [-0.3, -0.25) is 0 Å². The fourth-order valence-electron chi connectivity index (χ4n) is 1.14. The monoisotopic (exact) mass is 212 g/mol. The summed E-state index contributed by atoms with van der Waals surface area (Å²) in [5.74, 6) is 0.819. The van der Waals surface area contributed by atoms with Crippen LogP contribution in [0.2, 0.25) is 0 Å². The molecule has 1 aromatic heterocycles. The minimum absolute atomic E-state index is 0.388. The largest absolute Gasteiger partial charge is 0.496 e. The molecule has 1 atom stereocenters. The van der Waals surface area contributed by atoms with Gasteiger partial charge in [-0.2, -0.15) is 0 Å². The van der Waals surface area contributed by atoms with E-state index in [0.29, 0.717) is 0 Å². The molecule has 1 rings (SSSR count). The van der Waals surface area contributed by atoms with E-state index in [1.54, 1.807) is 7.11 Å². The minimum atomic E-state index is -0.388. The van der Waals surface area contributed by atoms with Gasteiger partial charge in [-0.05, 0) is 25.8 Å². The van der Waals surface area contributed by atoms with Crippen LogP contribution < -0.4 is 4.74 Å². The van der Waals surface area contributed by atoms with Crippen molar-refractivity contribution in [2.24, 2.45) is 0 Å². The molecule has 0 spiro atoms. The summed E-state index contributed by atoms with van der Waals surface area (Å²) < 4.78 is 5.05. The Hall–Kier alpha value is -0.800. The third-order valence-electron chi connectivity index (χ3n) is 2.00. The molecule has 2 nitrogen and oxygen atoms in total. The molecule has 0 aliphatic carbocycles. The van der Waals surface area contributed by atoms with Gasteiger partial charge in [0, 0.05) is 10.3 Å². The van der Waals surface area contributed by atoms with Gasteiger partial charge in [0.1, 0.15) is 5.75 Å². The molecule has 0 saturated heterocycles. The molecule has 0 aromatic carbocycles. The zero-order valence-corrected chi connectivity index (χ0v) is 9.43. The molecule has 0 amide bonds. The molecule has 0 bridgehead atoms. The van der Waals surface area contributed by atoms with E-state index < -0.39 is 0 Å². The van der Waals surface area contributed by atoms with Gasteiger partial charge in [0.25, 0.3) is 0 Å². The minimum Gasteiger partial charge on any atom is -0.496 e. The molecule has 0 saturated carbocycles. The lowest BCUT2D eigenvalue weighted by atomic mass is 10.1. The first-order valence-electron chi connectivity index (χ1n) is 4.58. The van der Waals surface area contributed by atoms with Crippen molar-refractivity contribution in [3.05, 3.63) is 28.5 Å².